The van der Waals surface area contributed by atoms with E-state index in [2.05, 4.69) is 125 Å². The van der Waals surface area contributed by atoms with Crippen molar-refractivity contribution in [2.45, 2.75) is 123 Å². The van der Waals surface area contributed by atoms with Crippen LogP contribution in [0.3, 0.4) is 0 Å². The van der Waals surface area contributed by atoms with Crippen molar-refractivity contribution in [3.63, 3.8) is 0 Å². The molecule has 3 unspecified atom stereocenters. The zero-order valence-electron chi connectivity index (χ0n) is 28.7. The molecule has 238 valence electrons. The van der Waals surface area contributed by atoms with Crippen LogP contribution >= 0.6 is 0 Å². The molecule has 3 aromatic carbocycles. The van der Waals surface area contributed by atoms with Gasteiger partial charge < -0.3 is 0 Å². The van der Waals surface area contributed by atoms with E-state index in [0.717, 1.165) is 30.2 Å². The molecule has 43 heavy (non-hydrogen) atoms. The predicted octanol–water partition coefficient (Wildman–Crippen LogP) is 11.0. The van der Waals surface area contributed by atoms with E-state index in [-0.39, 0.29) is 15.7 Å². The summed E-state index contributed by atoms with van der Waals surface area (Å²) in [6, 6.07) is 24.7. The smallest absolute Gasteiger partial charge is 0.282 e. The van der Waals surface area contributed by atoms with Gasteiger partial charge in [0.1, 0.15) is 0 Å². The van der Waals surface area contributed by atoms with Crippen LogP contribution in [0.5, 0.6) is 0 Å². The first-order chi connectivity index (χ1) is 19.8. The molecule has 3 atom stereocenters. The molecule has 0 radical (unpaired) electrons. The van der Waals surface area contributed by atoms with Gasteiger partial charge in [-0.3, -0.25) is 4.55 Å². The Kier molecular flexibility index (Phi) is 13.3. The van der Waals surface area contributed by atoms with Crippen molar-refractivity contribution in [3.05, 3.63) is 101 Å². The lowest BCUT2D eigenvalue weighted by Crippen LogP contribution is -2.11. The standard InChI is InChI=1S/C21H28.C18H30O3S/c1-20(2,3)18-11-7-16(8-12-18)15-17-9-13-19(14-10-17)21(4,5)6;1-13(2)10-14(3)11-15(4)12-16(5)17-6-8-18(9-7-17)22(19,20)21/h7-14H,15H2,1-6H3;6-9,13-16H,10-12H2,1-5H3,(H,19,20,21). The second kappa shape index (κ2) is 15.5. The van der Waals surface area contributed by atoms with E-state index in [1.807, 2.05) is 0 Å². The van der Waals surface area contributed by atoms with Gasteiger partial charge >= 0.3 is 0 Å². The number of benzene rings is 3. The van der Waals surface area contributed by atoms with E-state index >= 15 is 0 Å². The van der Waals surface area contributed by atoms with Crippen LogP contribution in [0.2, 0.25) is 0 Å². The lowest BCUT2D eigenvalue weighted by atomic mass is 9.84. The Labute approximate surface area is 264 Å². The highest BCUT2D eigenvalue weighted by molar-refractivity contribution is 7.85. The van der Waals surface area contributed by atoms with Gasteiger partial charge in [-0.25, -0.2) is 0 Å². The summed E-state index contributed by atoms with van der Waals surface area (Å²) in [6.45, 7) is 24.9. The van der Waals surface area contributed by atoms with Gasteiger partial charge in [0.15, 0.2) is 0 Å². The molecule has 1 N–H and O–H groups in total. The van der Waals surface area contributed by atoms with Crippen LogP contribution in [-0.2, 0) is 27.4 Å². The maximum atomic E-state index is 11.1. The summed E-state index contributed by atoms with van der Waals surface area (Å²) < 4.78 is 31.1. The molecule has 0 spiro atoms. The molecule has 0 aliphatic heterocycles. The molecular weight excluding hydrogens is 548 g/mol. The largest absolute Gasteiger partial charge is 0.294 e. The third-order valence-corrected chi connectivity index (χ3v) is 9.10. The molecule has 0 bridgehead atoms. The highest BCUT2D eigenvalue weighted by Crippen LogP contribution is 2.29. The van der Waals surface area contributed by atoms with E-state index in [1.165, 1.54) is 47.2 Å². The predicted molar refractivity (Wildman–Crippen MR) is 185 cm³/mol. The molecule has 3 rings (SSSR count). The average molecular weight is 607 g/mol. The Morgan fingerprint density at radius 1 is 0.581 bits per heavy atom. The minimum atomic E-state index is -4.10. The molecular formula is C39H58O3S. The molecule has 3 nitrogen and oxygen atoms in total. The van der Waals surface area contributed by atoms with Gasteiger partial charge in [-0.15, -0.1) is 0 Å². The van der Waals surface area contributed by atoms with Crippen molar-refractivity contribution in [3.8, 4) is 0 Å². The van der Waals surface area contributed by atoms with Gasteiger partial charge in [0.2, 0.25) is 0 Å². The van der Waals surface area contributed by atoms with Crippen molar-refractivity contribution >= 4 is 10.1 Å². The number of rotatable bonds is 10. The Balaban J connectivity index is 0.000000300. The minimum Gasteiger partial charge on any atom is -0.282 e. The van der Waals surface area contributed by atoms with Crippen LogP contribution in [0, 0.1) is 17.8 Å². The lowest BCUT2D eigenvalue weighted by Gasteiger charge is -2.22. The van der Waals surface area contributed by atoms with Gasteiger partial charge in [0.05, 0.1) is 4.90 Å². The third kappa shape index (κ3) is 13.0. The van der Waals surface area contributed by atoms with Crippen molar-refractivity contribution in [2.75, 3.05) is 0 Å². The topological polar surface area (TPSA) is 54.4 Å². The Hall–Kier alpha value is -2.43. The fourth-order valence-corrected chi connectivity index (χ4v) is 6.35. The zero-order valence-corrected chi connectivity index (χ0v) is 29.6. The highest BCUT2D eigenvalue weighted by Gasteiger charge is 2.17. The molecule has 0 aliphatic rings. The average Bonchev–Trinajstić information content (AvgIpc) is 2.87. The fourth-order valence-electron chi connectivity index (χ4n) is 5.87. The van der Waals surface area contributed by atoms with Gasteiger partial charge in [0, 0.05) is 0 Å². The van der Waals surface area contributed by atoms with Gasteiger partial charge in [-0.2, -0.15) is 8.42 Å². The highest BCUT2D eigenvalue weighted by atomic mass is 32.2. The second-order valence-electron chi connectivity index (χ2n) is 15.3. The van der Waals surface area contributed by atoms with E-state index in [0.29, 0.717) is 11.8 Å². The molecule has 0 amide bonds. The zero-order chi connectivity index (χ0) is 32.6. The van der Waals surface area contributed by atoms with Crippen LogP contribution < -0.4 is 0 Å². The van der Waals surface area contributed by atoms with Crippen LogP contribution in [0.4, 0.5) is 0 Å². The quantitative estimate of drug-likeness (QED) is 0.234. The summed E-state index contributed by atoms with van der Waals surface area (Å²) in [6.07, 6.45) is 4.59. The molecule has 3 aromatic rings. The first kappa shape index (κ1) is 36.8. The first-order valence-corrected chi connectivity index (χ1v) is 17.5. The maximum Gasteiger partial charge on any atom is 0.294 e. The Morgan fingerprint density at radius 3 is 1.33 bits per heavy atom. The maximum absolute atomic E-state index is 11.1. The molecule has 0 saturated heterocycles. The van der Waals surface area contributed by atoms with E-state index in [9.17, 15) is 8.42 Å². The molecule has 0 aliphatic carbocycles. The summed E-state index contributed by atoms with van der Waals surface area (Å²) in [5.74, 6) is 2.51. The van der Waals surface area contributed by atoms with Gasteiger partial charge in [-0.05, 0) is 100 Å². The summed E-state index contributed by atoms with van der Waals surface area (Å²) in [4.78, 5) is -0.0398. The molecule has 4 heteroatoms. The van der Waals surface area contributed by atoms with Crippen molar-refractivity contribution in [2.24, 2.45) is 17.8 Å². The SMILES string of the molecule is CC(C)(C)c1ccc(Cc2ccc(C(C)(C)C)cc2)cc1.CC(C)CC(C)CC(C)CC(C)c1ccc(S(=O)(=O)O)cc1. The Morgan fingerprint density at radius 2 is 0.977 bits per heavy atom. The minimum absolute atomic E-state index is 0.0398. The molecule has 0 saturated carbocycles. The lowest BCUT2D eigenvalue weighted by molar-refractivity contribution is 0.333. The first-order valence-electron chi connectivity index (χ1n) is 16.0. The third-order valence-electron chi connectivity index (χ3n) is 8.23. The molecule has 0 aromatic heterocycles. The van der Waals surface area contributed by atoms with Crippen LogP contribution in [-0.4, -0.2) is 13.0 Å². The summed E-state index contributed by atoms with van der Waals surface area (Å²) in [5, 5.41) is 0. The molecule has 0 heterocycles. The summed E-state index contributed by atoms with van der Waals surface area (Å²) >= 11 is 0. The van der Waals surface area contributed by atoms with Crippen molar-refractivity contribution < 1.29 is 13.0 Å². The summed E-state index contributed by atoms with van der Waals surface area (Å²) in [7, 11) is -4.10. The van der Waals surface area contributed by atoms with Gasteiger partial charge in [0.25, 0.3) is 10.1 Å². The van der Waals surface area contributed by atoms with Crippen LogP contribution in [0.1, 0.15) is 129 Å². The summed E-state index contributed by atoms with van der Waals surface area (Å²) in [5.41, 5.74) is 7.14. The van der Waals surface area contributed by atoms with Crippen molar-refractivity contribution in [1.82, 2.24) is 0 Å². The number of hydrogen-bond donors (Lipinski definition) is 1. The Bertz CT molecular complexity index is 1280. The van der Waals surface area contributed by atoms with E-state index < -0.39 is 10.1 Å². The second-order valence-corrected chi connectivity index (χ2v) is 16.7. The van der Waals surface area contributed by atoms with E-state index in [1.54, 1.807) is 12.1 Å². The van der Waals surface area contributed by atoms with E-state index in [4.69, 9.17) is 4.55 Å². The molecule has 0 fully saturated rings. The van der Waals surface area contributed by atoms with Gasteiger partial charge in [-0.1, -0.05) is 137 Å². The number of hydrogen-bond acceptors (Lipinski definition) is 2. The van der Waals surface area contributed by atoms with Crippen LogP contribution in [0.15, 0.2) is 77.7 Å². The monoisotopic (exact) mass is 606 g/mol. The van der Waals surface area contributed by atoms with Crippen molar-refractivity contribution in [1.29, 1.82) is 0 Å². The van der Waals surface area contributed by atoms with Crippen LogP contribution in [0.25, 0.3) is 0 Å². The normalized spacial score (nSPS) is 14.5. The fraction of sp³-hybridized carbons (Fsp3) is 0.538.